The molecule has 1 nitrogen and oxygen atoms in total. The number of rotatable bonds is 2. The zero-order valence-corrected chi connectivity index (χ0v) is 9.37. The lowest BCUT2D eigenvalue weighted by molar-refractivity contribution is 0.439. The third-order valence-corrected chi connectivity index (χ3v) is 4.22. The highest BCUT2D eigenvalue weighted by molar-refractivity contribution is 5.51. The van der Waals surface area contributed by atoms with E-state index >= 15 is 0 Å². The van der Waals surface area contributed by atoms with E-state index in [-0.39, 0.29) is 0 Å². The van der Waals surface area contributed by atoms with E-state index in [1.54, 1.807) is 0 Å². The summed E-state index contributed by atoms with van der Waals surface area (Å²) in [7, 11) is 0. The van der Waals surface area contributed by atoms with Gasteiger partial charge in [0.2, 0.25) is 0 Å². The maximum atomic E-state index is 3.74. The van der Waals surface area contributed by atoms with Crippen molar-refractivity contribution >= 4 is 5.69 Å². The molecule has 0 unspecified atom stereocenters. The highest BCUT2D eigenvalue weighted by atomic mass is 14.9. The molecular formula is C14H19N. The molecule has 2 saturated carbocycles. The summed E-state index contributed by atoms with van der Waals surface area (Å²) in [5.41, 5.74) is 2.72. The van der Waals surface area contributed by atoms with E-state index in [1.165, 1.54) is 36.9 Å². The Labute approximate surface area is 91.9 Å². The van der Waals surface area contributed by atoms with Crippen molar-refractivity contribution in [1.82, 2.24) is 0 Å². The molecule has 1 N–H and O–H groups in total. The molecule has 2 fully saturated rings. The van der Waals surface area contributed by atoms with Crippen LogP contribution in [-0.4, -0.2) is 6.04 Å². The standard InChI is InChI=1S/C14H19N/c1-10-4-2-3-5-13(10)15-14-9-11-6-7-12(14)8-11/h2-5,11-12,14-15H,6-9H2,1H3/t11-,12-,14-/m0/s1. The van der Waals surface area contributed by atoms with E-state index < -0.39 is 0 Å². The Bertz CT molecular complexity index is 358. The van der Waals surface area contributed by atoms with E-state index in [9.17, 15) is 0 Å². The van der Waals surface area contributed by atoms with Gasteiger partial charge in [0.25, 0.3) is 0 Å². The van der Waals surface area contributed by atoms with Crippen LogP contribution in [0, 0.1) is 18.8 Å². The van der Waals surface area contributed by atoms with Crippen LogP contribution in [0.15, 0.2) is 24.3 Å². The molecule has 2 bridgehead atoms. The second-order valence-electron chi connectivity index (χ2n) is 5.24. The number of aryl methyl sites for hydroxylation is 1. The molecule has 0 spiro atoms. The van der Waals surface area contributed by atoms with Gasteiger partial charge in [-0.05, 0) is 49.7 Å². The zero-order valence-electron chi connectivity index (χ0n) is 9.37. The average Bonchev–Trinajstić information content (AvgIpc) is 2.83. The first-order valence-corrected chi connectivity index (χ1v) is 6.15. The van der Waals surface area contributed by atoms with Crippen LogP contribution in [0.25, 0.3) is 0 Å². The Kier molecular flexibility index (Phi) is 2.19. The summed E-state index contributed by atoms with van der Waals surface area (Å²) in [6.45, 7) is 2.19. The lowest BCUT2D eigenvalue weighted by Gasteiger charge is -2.24. The second kappa shape index (κ2) is 3.55. The van der Waals surface area contributed by atoms with Crippen LogP contribution in [-0.2, 0) is 0 Å². The van der Waals surface area contributed by atoms with Crippen molar-refractivity contribution in [3.8, 4) is 0 Å². The normalized spacial score (nSPS) is 33.3. The minimum absolute atomic E-state index is 0.754. The third-order valence-electron chi connectivity index (χ3n) is 4.22. The van der Waals surface area contributed by atoms with Gasteiger partial charge in [-0.25, -0.2) is 0 Å². The monoisotopic (exact) mass is 201 g/mol. The fourth-order valence-electron chi connectivity index (χ4n) is 3.36. The SMILES string of the molecule is Cc1ccccc1N[C@H]1C[C@H]2CC[C@H]1C2. The molecule has 15 heavy (non-hydrogen) atoms. The molecule has 3 rings (SSSR count). The molecule has 0 aromatic heterocycles. The number of nitrogens with one attached hydrogen (secondary N) is 1. The summed E-state index contributed by atoms with van der Waals surface area (Å²) in [6, 6.07) is 9.39. The van der Waals surface area contributed by atoms with Gasteiger partial charge in [-0.2, -0.15) is 0 Å². The number of para-hydroxylation sites is 1. The molecule has 3 atom stereocenters. The molecule has 1 aromatic carbocycles. The molecule has 1 heteroatoms. The molecule has 2 aliphatic rings. The van der Waals surface area contributed by atoms with Crippen molar-refractivity contribution in [2.45, 2.75) is 38.6 Å². The quantitative estimate of drug-likeness (QED) is 0.771. The van der Waals surface area contributed by atoms with Crippen LogP contribution < -0.4 is 5.32 Å². The van der Waals surface area contributed by atoms with Gasteiger partial charge in [0.15, 0.2) is 0 Å². The summed E-state index contributed by atoms with van der Waals surface area (Å²) in [5, 5.41) is 3.74. The van der Waals surface area contributed by atoms with Crippen LogP contribution in [0.5, 0.6) is 0 Å². The Hall–Kier alpha value is -0.980. The summed E-state index contributed by atoms with van der Waals surface area (Å²) < 4.78 is 0. The molecule has 2 aliphatic carbocycles. The molecule has 0 aliphatic heterocycles. The highest BCUT2D eigenvalue weighted by Crippen LogP contribution is 2.45. The molecule has 0 heterocycles. The number of hydrogen-bond donors (Lipinski definition) is 1. The highest BCUT2D eigenvalue weighted by Gasteiger charge is 2.39. The topological polar surface area (TPSA) is 12.0 Å². The van der Waals surface area contributed by atoms with Gasteiger partial charge in [0.1, 0.15) is 0 Å². The lowest BCUT2D eigenvalue weighted by Crippen LogP contribution is -2.26. The number of hydrogen-bond acceptors (Lipinski definition) is 1. The van der Waals surface area contributed by atoms with E-state index in [1.807, 2.05) is 0 Å². The van der Waals surface area contributed by atoms with E-state index in [0.717, 1.165) is 17.9 Å². The lowest BCUT2D eigenvalue weighted by atomic mass is 9.95. The van der Waals surface area contributed by atoms with Crippen LogP contribution in [0.4, 0.5) is 5.69 Å². The second-order valence-corrected chi connectivity index (χ2v) is 5.24. The molecule has 0 amide bonds. The van der Waals surface area contributed by atoms with Gasteiger partial charge in [0.05, 0.1) is 0 Å². The Balaban J connectivity index is 1.73. The maximum Gasteiger partial charge on any atom is 0.0372 e. The molecule has 80 valence electrons. The van der Waals surface area contributed by atoms with Crippen molar-refractivity contribution in [2.24, 2.45) is 11.8 Å². The summed E-state index contributed by atoms with van der Waals surface area (Å²) in [4.78, 5) is 0. The first-order valence-electron chi connectivity index (χ1n) is 6.15. The van der Waals surface area contributed by atoms with Gasteiger partial charge in [-0.1, -0.05) is 24.6 Å². The molecule has 1 aromatic rings. The van der Waals surface area contributed by atoms with Gasteiger partial charge in [-0.15, -0.1) is 0 Å². The number of fused-ring (bicyclic) bond motifs is 2. The van der Waals surface area contributed by atoms with Crippen molar-refractivity contribution in [2.75, 3.05) is 5.32 Å². The number of benzene rings is 1. The largest absolute Gasteiger partial charge is 0.382 e. The Morgan fingerprint density at radius 1 is 1.13 bits per heavy atom. The van der Waals surface area contributed by atoms with E-state index in [0.29, 0.717) is 0 Å². The molecule has 0 radical (unpaired) electrons. The summed E-state index contributed by atoms with van der Waals surface area (Å²) in [5.74, 6) is 1.98. The predicted molar refractivity (Wildman–Crippen MR) is 64.0 cm³/mol. The van der Waals surface area contributed by atoms with Crippen LogP contribution in [0.2, 0.25) is 0 Å². The van der Waals surface area contributed by atoms with Crippen LogP contribution in [0.1, 0.15) is 31.2 Å². The predicted octanol–water partition coefficient (Wildman–Crippen LogP) is 3.60. The van der Waals surface area contributed by atoms with Crippen molar-refractivity contribution < 1.29 is 0 Å². The fourth-order valence-corrected chi connectivity index (χ4v) is 3.36. The maximum absolute atomic E-state index is 3.74. The van der Waals surface area contributed by atoms with Crippen molar-refractivity contribution in [1.29, 1.82) is 0 Å². The third kappa shape index (κ3) is 1.64. The van der Waals surface area contributed by atoms with E-state index in [4.69, 9.17) is 0 Å². The zero-order chi connectivity index (χ0) is 10.3. The van der Waals surface area contributed by atoms with E-state index in [2.05, 4.69) is 36.5 Å². The average molecular weight is 201 g/mol. The van der Waals surface area contributed by atoms with Crippen molar-refractivity contribution in [3.05, 3.63) is 29.8 Å². The fraction of sp³-hybridized carbons (Fsp3) is 0.571. The molecular weight excluding hydrogens is 182 g/mol. The van der Waals surface area contributed by atoms with Gasteiger partial charge in [-0.3, -0.25) is 0 Å². The van der Waals surface area contributed by atoms with Crippen LogP contribution >= 0.6 is 0 Å². The smallest absolute Gasteiger partial charge is 0.0372 e. The summed E-state index contributed by atoms with van der Waals surface area (Å²) in [6.07, 6.45) is 5.81. The number of anilines is 1. The first-order chi connectivity index (χ1) is 7.33. The van der Waals surface area contributed by atoms with Gasteiger partial charge >= 0.3 is 0 Å². The Morgan fingerprint density at radius 2 is 2.00 bits per heavy atom. The van der Waals surface area contributed by atoms with Crippen LogP contribution in [0.3, 0.4) is 0 Å². The minimum Gasteiger partial charge on any atom is -0.382 e. The van der Waals surface area contributed by atoms with Gasteiger partial charge < -0.3 is 5.32 Å². The summed E-state index contributed by atoms with van der Waals surface area (Å²) >= 11 is 0. The molecule has 0 saturated heterocycles. The first kappa shape index (κ1) is 9.26. The minimum atomic E-state index is 0.754. The van der Waals surface area contributed by atoms with Crippen molar-refractivity contribution in [3.63, 3.8) is 0 Å². The van der Waals surface area contributed by atoms with Gasteiger partial charge in [0, 0.05) is 11.7 Å². The Morgan fingerprint density at radius 3 is 2.67 bits per heavy atom.